The van der Waals surface area contributed by atoms with E-state index in [1.807, 2.05) is 6.07 Å². The number of aryl methyl sites for hydroxylation is 1. The lowest BCUT2D eigenvalue weighted by Crippen LogP contribution is -1.97. The van der Waals surface area contributed by atoms with Crippen molar-refractivity contribution in [2.75, 3.05) is 6.54 Å². The zero-order valence-electron chi connectivity index (χ0n) is 10.5. The van der Waals surface area contributed by atoms with E-state index in [1.54, 1.807) is 6.20 Å². The lowest BCUT2D eigenvalue weighted by atomic mass is 10.1. The standard InChI is InChI=1S/C14H23FN2/c15-14-10-9-13(12-17-14)8-6-4-2-1-3-5-7-11-16/h9-10,12H,1-8,11,16H2. The van der Waals surface area contributed by atoms with Gasteiger partial charge in [0.2, 0.25) is 5.95 Å². The maximum absolute atomic E-state index is 12.6. The van der Waals surface area contributed by atoms with Crippen molar-refractivity contribution in [2.24, 2.45) is 5.73 Å². The van der Waals surface area contributed by atoms with E-state index in [-0.39, 0.29) is 0 Å². The summed E-state index contributed by atoms with van der Waals surface area (Å²) in [6.07, 6.45) is 11.4. The highest BCUT2D eigenvalue weighted by atomic mass is 19.1. The molecule has 0 saturated heterocycles. The van der Waals surface area contributed by atoms with Gasteiger partial charge in [0.15, 0.2) is 0 Å². The second-order valence-electron chi connectivity index (χ2n) is 4.50. The molecule has 0 bridgehead atoms. The van der Waals surface area contributed by atoms with E-state index in [0.29, 0.717) is 0 Å². The fourth-order valence-electron chi connectivity index (χ4n) is 1.91. The van der Waals surface area contributed by atoms with Crippen LogP contribution in [0.2, 0.25) is 0 Å². The number of unbranched alkanes of at least 4 members (excludes halogenated alkanes) is 6. The van der Waals surface area contributed by atoms with E-state index < -0.39 is 5.95 Å². The smallest absolute Gasteiger partial charge is 0.212 e. The highest BCUT2D eigenvalue weighted by molar-refractivity contribution is 5.09. The van der Waals surface area contributed by atoms with Crippen LogP contribution in [0.15, 0.2) is 18.3 Å². The van der Waals surface area contributed by atoms with Crippen molar-refractivity contribution >= 4 is 0 Å². The third-order valence-electron chi connectivity index (χ3n) is 2.96. The molecule has 2 nitrogen and oxygen atoms in total. The maximum Gasteiger partial charge on any atom is 0.212 e. The molecule has 0 aliphatic heterocycles. The lowest BCUT2D eigenvalue weighted by molar-refractivity contribution is 0.574. The van der Waals surface area contributed by atoms with Crippen LogP contribution in [0.3, 0.4) is 0 Å². The molecule has 0 spiro atoms. The molecule has 0 saturated carbocycles. The first kappa shape index (κ1) is 14.1. The number of hydrogen-bond donors (Lipinski definition) is 1. The number of pyridine rings is 1. The molecule has 0 radical (unpaired) electrons. The topological polar surface area (TPSA) is 38.9 Å². The van der Waals surface area contributed by atoms with Crippen LogP contribution in [-0.4, -0.2) is 11.5 Å². The molecule has 0 aliphatic rings. The fraction of sp³-hybridized carbons (Fsp3) is 0.643. The SMILES string of the molecule is NCCCCCCCCCc1ccc(F)nc1. The molecule has 2 N–H and O–H groups in total. The van der Waals surface area contributed by atoms with E-state index in [4.69, 9.17) is 5.73 Å². The Balaban J connectivity index is 1.95. The molecular weight excluding hydrogens is 215 g/mol. The summed E-state index contributed by atoms with van der Waals surface area (Å²) in [5, 5.41) is 0. The van der Waals surface area contributed by atoms with Crippen LogP contribution in [0, 0.1) is 5.95 Å². The van der Waals surface area contributed by atoms with Gasteiger partial charge in [0.1, 0.15) is 0 Å². The van der Waals surface area contributed by atoms with Crippen molar-refractivity contribution in [3.05, 3.63) is 29.8 Å². The van der Waals surface area contributed by atoms with E-state index in [0.717, 1.165) is 24.9 Å². The van der Waals surface area contributed by atoms with Crippen molar-refractivity contribution in [1.29, 1.82) is 0 Å². The molecule has 1 rings (SSSR count). The Labute approximate surface area is 103 Å². The quantitative estimate of drug-likeness (QED) is 0.528. The Morgan fingerprint density at radius 1 is 0.941 bits per heavy atom. The number of nitrogens with zero attached hydrogens (tertiary/aromatic N) is 1. The van der Waals surface area contributed by atoms with E-state index >= 15 is 0 Å². The normalized spacial score (nSPS) is 10.7. The molecule has 0 fully saturated rings. The van der Waals surface area contributed by atoms with Crippen LogP contribution >= 0.6 is 0 Å². The Bertz CT molecular complexity index is 285. The molecule has 96 valence electrons. The molecule has 0 aromatic carbocycles. The molecule has 1 aromatic heterocycles. The molecule has 0 unspecified atom stereocenters. The van der Waals surface area contributed by atoms with Gasteiger partial charge in [-0.25, -0.2) is 4.98 Å². The molecule has 0 aliphatic carbocycles. The second kappa shape index (κ2) is 9.11. The molecule has 0 atom stereocenters. The van der Waals surface area contributed by atoms with E-state index in [9.17, 15) is 4.39 Å². The van der Waals surface area contributed by atoms with Crippen molar-refractivity contribution in [1.82, 2.24) is 4.98 Å². The highest BCUT2D eigenvalue weighted by Gasteiger charge is 1.96. The summed E-state index contributed by atoms with van der Waals surface area (Å²) in [6, 6.07) is 3.26. The zero-order valence-corrected chi connectivity index (χ0v) is 10.5. The van der Waals surface area contributed by atoms with Crippen molar-refractivity contribution in [3.63, 3.8) is 0 Å². The summed E-state index contributed by atoms with van der Waals surface area (Å²) in [4.78, 5) is 3.65. The first-order chi connectivity index (χ1) is 8.33. The molecular formula is C14H23FN2. The number of aromatic nitrogens is 1. The van der Waals surface area contributed by atoms with Gasteiger partial charge in [-0.2, -0.15) is 4.39 Å². The maximum atomic E-state index is 12.6. The predicted octanol–water partition coefficient (Wildman–Crippen LogP) is 3.45. The number of nitrogens with two attached hydrogens (primary N) is 1. The molecule has 1 aromatic rings. The average Bonchev–Trinajstić information content (AvgIpc) is 2.35. The lowest BCUT2D eigenvalue weighted by Gasteiger charge is -2.02. The third-order valence-corrected chi connectivity index (χ3v) is 2.96. The van der Waals surface area contributed by atoms with Crippen LogP contribution in [0.1, 0.15) is 50.5 Å². The zero-order chi connectivity index (χ0) is 12.3. The van der Waals surface area contributed by atoms with Gasteiger partial charge in [-0.1, -0.05) is 38.2 Å². The van der Waals surface area contributed by atoms with E-state index in [2.05, 4.69) is 4.98 Å². The van der Waals surface area contributed by atoms with Crippen LogP contribution in [0.5, 0.6) is 0 Å². The van der Waals surface area contributed by atoms with Crippen molar-refractivity contribution < 1.29 is 4.39 Å². The summed E-state index contributed by atoms with van der Waals surface area (Å²) < 4.78 is 12.6. The summed E-state index contributed by atoms with van der Waals surface area (Å²) >= 11 is 0. The summed E-state index contributed by atoms with van der Waals surface area (Å²) in [5.41, 5.74) is 6.57. The van der Waals surface area contributed by atoms with Gasteiger partial charge >= 0.3 is 0 Å². The van der Waals surface area contributed by atoms with E-state index in [1.165, 1.54) is 44.6 Å². The first-order valence-corrected chi connectivity index (χ1v) is 6.63. The fourth-order valence-corrected chi connectivity index (χ4v) is 1.91. The minimum atomic E-state index is -0.395. The largest absolute Gasteiger partial charge is 0.330 e. The number of hydrogen-bond acceptors (Lipinski definition) is 2. The number of rotatable bonds is 9. The second-order valence-corrected chi connectivity index (χ2v) is 4.50. The Morgan fingerprint density at radius 3 is 2.18 bits per heavy atom. The van der Waals surface area contributed by atoms with Crippen molar-refractivity contribution in [3.8, 4) is 0 Å². The van der Waals surface area contributed by atoms with Crippen molar-refractivity contribution in [2.45, 2.75) is 51.4 Å². The molecule has 1 heterocycles. The monoisotopic (exact) mass is 238 g/mol. The minimum Gasteiger partial charge on any atom is -0.330 e. The molecule has 3 heteroatoms. The third kappa shape index (κ3) is 7.05. The number of halogens is 1. The summed E-state index contributed by atoms with van der Waals surface area (Å²) in [6.45, 7) is 0.817. The van der Waals surface area contributed by atoms with Gasteiger partial charge in [-0.3, -0.25) is 0 Å². The van der Waals surface area contributed by atoms with Gasteiger partial charge in [0.25, 0.3) is 0 Å². The average molecular weight is 238 g/mol. The molecule has 17 heavy (non-hydrogen) atoms. The first-order valence-electron chi connectivity index (χ1n) is 6.63. The van der Waals surface area contributed by atoms with Crippen LogP contribution < -0.4 is 5.73 Å². The van der Waals surface area contributed by atoms with Crippen LogP contribution in [0.25, 0.3) is 0 Å². The predicted molar refractivity (Wildman–Crippen MR) is 69.3 cm³/mol. The summed E-state index contributed by atoms with van der Waals surface area (Å²) in [7, 11) is 0. The molecule has 0 amide bonds. The summed E-state index contributed by atoms with van der Waals surface area (Å²) in [5.74, 6) is -0.395. The Morgan fingerprint density at radius 2 is 1.59 bits per heavy atom. The Hall–Kier alpha value is -0.960. The van der Waals surface area contributed by atoms with Crippen LogP contribution in [0.4, 0.5) is 4.39 Å². The van der Waals surface area contributed by atoms with Gasteiger partial charge < -0.3 is 5.73 Å². The van der Waals surface area contributed by atoms with Gasteiger partial charge in [0.05, 0.1) is 0 Å². The van der Waals surface area contributed by atoms with Gasteiger partial charge in [0, 0.05) is 6.20 Å². The van der Waals surface area contributed by atoms with Gasteiger partial charge in [-0.15, -0.1) is 0 Å². The minimum absolute atomic E-state index is 0.395. The highest BCUT2D eigenvalue weighted by Crippen LogP contribution is 2.10. The van der Waals surface area contributed by atoms with Crippen LogP contribution in [-0.2, 0) is 6.42 Å². The Kier molecular flexibility index (Phi) is 7.56. The van der Waals surface area contributed by atoms with Gasteiger partial charge in [-0.05, 0) is 37.4 Å².